The molecule has 1 fully saturated rings. The van der Waals surface area contributed by atoms with Crippen LogP contribution in [0.25, 0.3) is 0 Å². The predicted octanol–water partition coefficient (Wildman–Crippen LogP) is 8.25. The first-order chi connectivity index (χ1) is 18.2. The molecule has 0 spiro atoms. The van der Waals surface area contributed by atoms with Crippen LogP contribution >= 0.6 is 11.6 Å². The zero-order valence-electron chi connectivity index (χ0n) is 24.9. The predicted molar refractivity (Wildman–Crippen MR) is 164 cm³/mol. The van der Waals surface area contributed by atoms with E-state index in [4.69, 9.17) is 16.0 Å². The summed E-state index contributed by atoms with van der Waals surface area (Å²) < 4.78 is 6.78. The van der Waals surface area contributed by atoms with Crippen LogP contribution in [-0.2, 0) is 9.22 Å². The van der Waals surface area contributed by atoms with E-state index >= 15 is 0 Å². The van der Waals surface area contributed by atoms with Crippen molar-refractivity contribution in [2.24, 2.45) is 5.92 Å². The fourth-order valence-electron chi connectivity index (χ4n) is 5.01. The molecule has 0 saturated heterocycles. The molecule has 0 amide bonds. The van der Waals surface area contributed by atoms with Crippen LogP contribution in [0.3, 0.4) is 0 Å². The molecule has 1 saturated carbocycles. The van der Waals surface area contributed by atoms with Crippen LogP contribution in [0.5, 0.6) is 0 Å². The number of benzene rings is 1. The molecule has 3 rings (SSSR count). The SMILES string of the molecule is CC(C)CN(c1ccc([C@H](C)CC(=O)O)cc1Nc1cnc(Cl)cn1)[C@H]1CC[C@H](O[Si](C)(C)C(C)(C)C)CC1. The summed E-state index contributed by atoms with van der Waals surface area (Å²) in [5, 5.41) is 13.4. The Balaban J connectivity index is 1.90. The van der Waals surface area contributed by atoms with Crippen molar-refractivity contribution in [3.63, 3.8) is 0 Å². The van der Waals surface area contributed by atoms with Crippen LogP contribution < -0.4 is 10.2 Å². The van der Waals surface area contributed by atoms with E-state index < -0.39 is 14.3 Å². The Kier molecular flexibility index (Phi) is 10.5. The number of hydrogen-bond acceptors (Lipinski definition) is 6. The lowest BCUT2D eigenvalue weighted by Gasteiger charge is -2.44. The maximum absolute atomic E-state index is 11.4. The molecule has 0 bridgehead atoms. The highest BCUT2D eigenvalue weighted by molar-refractivity contribution is 6.74. The van der Waals surface area contributed by atoms with Gasteiger partial charge in [0.15, 0.2) is 8.32 Å². The number of anilines is 3. The number of carboxylic acid groups (broad SMARTS) is 1. The van der Waals surface area contributed by atoms with Crippen LogP contribution in [0.2, 0.25) is 23.3 Å². The number of aromatic nitrogens is 2. The summed E-state index contributed by atoms with van der Waals surface area (Å²) in [5.74, 6) is 0.150. The fourth-order valence-corrected chi connectivity index (χ4v) is 6.53. The molecule has 1 aromatic carbocycles. The molecule has 0 radical (unpaired) electrons. The summed E-state index contributed by atoms with van der Waals surface area (Å²) in [5.41, 5.74) is 2.98. The molecule has 216 valence electrons. The summed E-state index contributed by atoms with van der Waals surface area (Å²) in [4.78, 5) is 22.5. The summed E-state index contributed by atoms with van der Waals surface area (Å²) in [6, 6.07) is 6.67. The van der Waals surface area contributed by atoms with Gasteiger partial charge in [-0.2, -0.15) is 0 Å². The highest BCUT2D eigenvalue weighted by Gasteiger charge is 2.40. The second kappa shape index (κ2) is 13.0. The molecule has 2 aromatic rings. The molecule has 1 aliphatic rings. The van der Waals surface area contributed by atoms with Crippen molar-refractivity contribution < 1.29 is 14.3 Å². The quantitative estimate of drug-likeness (QED) is 0.261. The number of carboxylic acids is 1. The van der Waals surface area contributed by atoms with Gasteiger partial charge in [0, 0.05) is 18.7 Å². The molecule has 1 aromatic heterocycles. The van der Waals surface area contributed by atoms with E-state index in [1.165, 1.54) is 6.20 Å². The number of nitrogens with zero attached hydrogens (tertiary/aromatic N) is 3. The van der Waals surface area contributed by atoms with E-state index in [1.807, 2.05) is 6.92 Å². The van der Waals surface area contributed by atoms with E-state index in [9.17, 15) is 9.90 Å². The third-order valence-electron chi connectivity index (χ3n) is 8.18. The lowest BCUT2D eigenvalue weighted by Crippen LogP contribution is -2.47. The largest absolute Gasteiger partial charge is 0.481 e. The monoisotopic (exact) mass is 574 g/mol. The van der Waals surface area contributed by atoms with Gasteiger partial charge in [0.25, 0.3) is 0 Å². The lowest BCUT2D eigenvalue weighted by molar-refractivity contribution is -0.137. The van der Waals surface area contributed by atoms with Crippen molar-refractivity contribution >= 4 is 43.1 Å². The van der Waals surface area contributed by atoms with Crippen molar-refractivity contribution in [2.75, 3.05) is 16.8 Å². The van der Waals surface area contributed by atoms with Crippen molar-refractivity contribution in [2.45, 2.75) is 110 Å². The Morgan fingerprint density at radius 1 is 1.15 bits per heavy atom. The first kappa shape index (κ1) is 31.4. The Morgan fingerprint density at radius 2 is 1.82 bits per heavy atom. The molecular formula is C30H47ClN4O3Si. The van der Waals surface area contributed by atoms with Crippen molar-refractivity contribution in [1.29, 1.82) is 0 Å². The van der Waals surface area contributed by atoms with Gasteiger partial charge >= 0.3 is 5.97 Å². The number of rotatable bonds is 11. The van der Waals surface area contributed by atoms with Crippen LogP contribution in [0.15, 0.2) is 30.6 Å². The Hall–Kier alpha value is -2.16. The Morgan fingerprint density at radius 3 is 2.36 bits per heavy atom. The first-order valence-electron chi connectivity index (χ1n) is 14.2. The van der Waals surface area contributed by atoms with Crippen LogP contribution in [0.1, 0.15) is 85.1 Å². The molecule has 39 heavy (non-hydrogen) atoms. The fraction of sp³-hybridized carbons (Fsp3) is 0.633. The summed E-state index contributed by atoms with van der Waals surface area (Å²) >= 11 is 5.97. The van der Waals surface area contributed by atoms with Gasteiger partial charge in [-0.3, -0.25) is 4.79 Å². The Labute approximate surface area is 240 Å². The molecule has 2 N–H and O–H groups in total. The van der Waals surface area contributed by atoms with Gasteiger partial charge in [-0.15, -0.1) is 0 Å². The number of hydrogen-bond donors (Lipinski definition) is 2. The average Bonchev–Trinajstić information content (AvgIpc) is 2.83. The lowest BCUT2D eigenvalue weighted by atomic mass is 9.90. The summed E-state index contributed by atoms with van der Waals surface area (Å²) in [6.07, 6.45) is 7.81. The number of halogens is 1. The third kappa shape index (κ3) is 8.66. The number of aliphatic carboxylic acids is 1. The molecule has 9 heteroatoms. The first-order valence-corrected chi connectivity index (χ1v) is 17.5. The Bertz CT molecular complexity index is 1100. The van der Waals surface area contributed by atoms with Crippen LogP contribution in [0.4, 0.5) is 17.2 Å². The number of carbonyl (C=O) groups is 1. The summed E-state index contributed by atoms with van der Waals surface area (Å²) in [6.45, 7) is 19.0. The van der Waals surface area contributed by atoms with E-state index in [-0.39, 0.29) is 17.4 Å². The molecule has 7 nitrogen and oxygen atoms in total. The van der Waals surface area contributed by atoms with Gasteiger partial charge in [0.2, 0.25) is 0 Å². The molecule has 1 atom stereocenters. The topological polar surface area (TPSA) is 87.6 Å². The van der Waals surface area contributed by atoms with E-state index in [0.717, 1.165) is 49.2 Å². The van der Waals surface area contributed by atoms with Crippen molar-refractivity contribution in [1.82, 2.24) is 9.97 Å². The smallest absolute Gasteiger partial charge is 0.303 e. The van der Waals surface area contributed by atoms with E-state index in [1.54, 1.807) is 6.20 Å². The highest BCUT2D eigenvalue weighted by atomic mass is 35.5. The highest BCUT2D eigenvalue weighted by Crippen LogP contribution is 2.41. The molecular weight excluding hydrogens is 528 g/mol. The van der Waals surface area contributed by atoms with Gasteiger partial charge in [0.1, 0.15) is 11.0 Å². The van der Waals surface area contributed by atoms with Crippen LogP contribution in [0, 0.1) is 5.92 Å². The standard InChI is InChI=1S/C30H47ClN4O3Si/c1-20(2)19-35(23-10-12-24(13-11-23)38-39(7,8)30(4,5)6)26-14-9-22(21(3)15-29(36)37)16-25(26)34-28-18-32-27(31)17-33-28/h9,14,16-18,20-21,23-24H,10-13,15,19H2,1-8H3,(H,33,34)(H,36,37)/t21-,23-,24-/m1/s1. The molecule has 0 unspecified atom stereocenters. The third-order valence-corrected chi connectivity index (χ3v) is 12.9. The van der Waals surface area contributed by atoms with E-state index in [0.29, 0.717) is 29.0 Å². The van der Waals surface area contributed by atoms with Crippen molar-refractivity contribution in [3.05, 3.63) is 41.3 Å². The minimum absolute atomic E-state index is 0.0769. The van der Waals surface area contributed by atoms with Gasteiger partial charge in [-0.25, -0.2) is 9.97 Å². The summed E-state index contributed by atoms with van der Waals surface area (Å²) in [7, 11) is -1.80. The maximum atomic E-state index is 11.4. The zero-order valence-corrected chi connectivity index (χ0v) is 26.7. The van der Waals surface area contributed by atoms with Gasteiger partial charge in [-0.05, 0) is 73.3 Å². The maximum Gasteiger partial charge on any atom is 0.303 e. The minimum Gasteiger partial charge on any atom is -0.481 e. The van der Waals surface area contributed by atoms with Crippen molar-refractivity contribution in [3.8, 4) is 0 Å². The zero-order chi connectivity index (χ0) is 29.0. The second-order valence-corrected chi connectivity index (χ2v) is 18.1. The van der Waals surface area contributed by atoms with Gasteiger partial charge in [-0.1, -0.05) is 59.2 Å². The van der Waals surface area contributed by atoms with Gasteiger partial charge in [0.05, 0.1) is 30.2 Å². The minimum atomic E-state index is -1.80. The molecule has 1 aliphatic carbocycles. The van der Waals surface area contributed by atoms with E-state index in [2.05, 4.69) is 86.1 Å². The normalized spacial score (nSPS) is 19.1. The van der Waals surface area contributed by atoms with Crippen LogP contribution in [-0.4, -0.2) is 48.1 Å². The van der Waals surface area contributed by atoms with Gasteiger partial charge < -0.3 is 19.7 Å². The molecule has 0 aliphatic heterocycles. The molecule has 1 heterocycles. The average molecular weight is 575 g/mol. The second-order valence-electron chi connectivity index (χ2n) is 13.0. The number of nitrogens with one attached hydrogen (secondary N) is 1.